The Kier molecular flexibility index (Phi) is 11.4. The molecule has 8 nitrogen and oxygen atoms in total. The maximum absolute atomic E-state index is 11.9. The van der Waals surface area contributed by atoms with Crippen LogP contribution in [-0.4, -0.2) is 34.8 Å². The van der Waals surface area contributed by atoms with Crippen LogP contribution in [-0.2, 0) is 11.3 Å². The number of aryl methyl sites for hydroxylation is 1. The van der Waals surface area contributed by atoms with Crippen LogP contribution >= 0.6 is 0 Å². The first kappa shape index (κ1) is 21.6. The van der Waals surface area contributed by atoms with Gasteiger partial charge in [0.25, 0.3) is 0 Å². The van der Waals surface area contributed by atoms with Crippen LogP contribution in [0.5, 0.6) is 0 Å². The van der Waals surface area contributed by atoms with E-state index in [1.807, 2.05) is 0 Å². The number of aliphatic imine (C=N–C) groups is 1. The summed E-state index contributed by atoms with van der Waals surface area (Å²) in [6.45, 7) is 3.84. The van der Waals surface area contributed by atoms with Gasteiger partial charge < -0.3 is 5.32 Å². The molecule has 0 saturated carbocycles. The number of amides is 2. The number of nitrogens with zero attached hydrogens (tertiary/aromatic N) is 3. The van der Waals surface area contributed by atoms with Gasteiger partial charge in [0.05, 0.1) is 6.54 Å². The predicted octanol–water partition coefficient (Wildman–Crippen LogP) is 2.84. The van der Waals surface area contributed by atoms with Crippen molar-refractivity contribution in [2.24, 2.45) is 4.99 Å². The van der Waals surface area contributed by atoms with Gasteiger partial charge in [0.15, 0.2) is 0 Å². The molecule has 0 atom stereocenters. The fraction of sp³-hybridized carbons (Fsp3) is 0.667. The molecule has 2 N–H and O–H groups in total. The normalized spacial score (nSPS) is 10.2. The summed E-state index contributed by atoms with van der Waals surface area (Å²) in [6, 6.07) is 1.26. The number of isocyanates is 1. The van der Waals surface area contributed by atoms with Crippen LogP contribution in [0.1, 0.15) is 58.3 Å². The van der Waals surface area contributed by atoms with E-state index >= 15 is 0 Å². The minimum Gasteiger partial charge on any atom is -0.338 e. The molecule has 0 aromatic carbocycles. The molecule has 0 aliphatic carbocycles. The topological polar surface area (TPSA) is 105 Å². The Morgan fingerprint density at radius 3 is 2.69 bits per heavy atom. The Morgan fingerprint density at radius 1 is 1.19 bits per heavy atom. The third-order valence-corrected chi connectivity index (χ3v) is 3.92. The van der Waals surface area contributed by atoms with Gasteiger partial charge in [0.1, 0.15) is 5.82 Å². The first-order valence-corrected chi connectivity index (χ1v) is 9.33. The molecule has 0 fully saturated rings. The Morgan fingerprint density at radius 2 is 1.96 bits per heavy atom. The lowest BCUT2D eigenvalue weighted by atomic mass is 10.2. The number of urea groups is 1. The van der Waals surface area contributed by atoms with E-state index in [9.17, 15) is 14.4 Å². The quantitative estimate of drug-likeness (QED) is 0.319. The van der Waals surface area contributed by atoms with Crippen LogP contribution in [0.4, 0.5) is 10.6 Å². The maximum Gasteiger partial charge on any atom is 0.349 e. The zero-order valence-electron chi connectivity index (χ0n) is 15.5. The third kappa shape index (κ3) is 9.74. The molecule has 1 rings (SSSR count). The highest BCUT2D eigenvalue weighted by Gasteiger charge is 2.04. The number of nitrogens with one attached hydrogen (secondary N) is 2. The molecule has 26 heavy (non-hydrogen) atoms. The molecule has 0 unspecified atom stereocenters. The van der Waals surface area contributed by atoms with Gasteiger partial charge in [-0.3, -0.25) is 9.88 Å². The molecular formula is C18H29N5O3. The van der Waals surface area contributed by atoms with E-state index in [2.05, 4.69) is 27.5 Å². The molecule has 2 amide bonds. The predicted molar refractivity (Wildman–Crippen MR) is 101 cm³/mol. The van der Waals surface area contributed by atoms with E-state index in [1.54, 1.807) is 16.8 Å². The molecule has 0 saturated heterocycles. The second-order valence-electron chi connectivity index (χ2n) is 6.12. The number of hydrogen-bond acceptors (Lipinski definition) is 5. The molecule has 0 aliphatic rings. The molecule has 0 bridgehead atoms. The van der Waals surface area contributed by atoms with E-state index in [4.69, 9.17) is 0 Å². The van der Waals surface area contributed by atoms with Crippen molar-refractivity contribution >= 4 is 17.9 Å². The van der Waals surface area contributed by atoms with Crippen LogP contribution < -0.4 is 16.3 Å². The highest BCUT2D eigenvalue weighted by Crippen LogP contribution is 2.03. The summed E-state index contributed by atoms with van der Waals surface area (Å²) in [5.41, 5.74) is -0.350. The van der Waals surface area contributed by atoms with E-state index in [0.717, 1.165) is 51.4 Å². The number of unbranched alkanes of at least 4 members (excludes halogenated alkanes) is 6. The molecule has 0 radical (unpaired) electrons. The minimum atomic E-state index is -0.372. The molecule has 0 spiro atoms. The zero-order valence-corrected chi connectivity index (χ0v) is 15.5. The Bertz CT molecular complexity index is 638. The summed E-state index contributed by atoms with van der Waals surface area (Å²) < 4.78 is 1.56. The minimum absolute atomic E-state index is 0.254. The molecule has 0 aliphatic heterocycles. The summed E-state index contributed by atoms with van der Waals surface area (Å²) in [7, 11) is 0. The van der Waals surface area contributed by atoms with Crippen molar-refractivity contribution in [3.05, 3.63) is 22.7 Å². The summed E-state index contributed by atoms with van der Waals surface area (Å²) in [5.74, 6) is 0.254. The van der Waals surface area contributed by atoms with Gasteiger partial charge in [-0.05, 0) is 25.3 Å². The average Bonchev–Trinajstić information content (AvgIpc) is 2.62. The average molecular weight is 363 g/mol. The van der Waals surface area contributed by atoms with Gasteiger partial charge in [-0.2, -0.15) is 4.98 Å². The Balaban J connectivity index is 2.24. The summed E-state index contributed by atoms with van der Waals surface area (Å²) in [5, 5.41) is 5.30. The van der Waals surface area contributed by atoms with E-state index < -0.39 is 0 Å². The first-order chi connectivity index (χ1) is 12.7. The van der Waals surface area contributed by atoms with Gasteiger partial charge in [-0.1, -0.05) is 39.0 Å². The van der Waals surface area contributed by atoms with Crippen LogP contribution in [0.15, 0.2) is 22.1 Å². The van der Waals surface area contributed by atoms with E-state index in [-0.39, 0.29) is 17.5 Å². The lowest BCUT2D eigenvalue weighted by molar-refractivity contribution is 0.252. The van der Waals surface area contributed by atoms with Crippen molar-refractivity contribution in [3.63, 3.8) is 0 Å². The van der Waals surface area contributed by atoms with Gasteiger partial charge in [0, 0.05) is 19.3 Å². The van der Waals surface area contributed by atoms with Crippen molar-refractivity contribution in [3.8, 4) is 0 Å². The van der Waals surface area contributed by atoms with Crippen LogP contribution in [0.2, 0.25) is 0 Å². The van der Waals surface area contributed by atoms with Crippen molar-refractivity contribution in [1.82, 2.24) is 14.9 Å². The van der Waals surface area contributed by atoms with E-state index in [1.165, 1.54) is 6.08 Å². The fourth-order valence-corrected chi connectivity index (χ4v) is 2.46. The maximum atomic E-state index is 11.9. The lowest BCUT2D eigenvalue weighted by Gasteiger charge is -2.08. The zero-order chi connectivity index (χ0) is 19.0. The highest BCUT2D eigenvalue weighted by molar-refractivity contribution is 5.87. The standard InChI is InChI=1S/C18H29N5O3/c1-2-3-4-9-13-23-14-10-16(22-18(23)26)21-17(25)20-12-8-6-5-7-11-19-15-24/h10,14H,2-9,11-13H2,1H3,(H2,20,21,22,25,26). The summed E-state index contributed by atoms with van der Waals surface area (Å²) in [6.07, 6.45) is 11.1. The highest BCUT2D eigenvalue weighted by atomic mass is 16.2. The van der Waals surface area contributed by atoms with Crippen molar-refractivity contribution < 1.29 is 9.59 Å². The SMILES string of the molecule is CCCCCCn1ccc(NC(=O)NCCCCCCN=C=O)nc1=O. The number of carbonyl (C=O) groups excluding carboxylic acids is 2. The van der Waals surface area contributed by atoms with Gasteiger partial charge in [-0.15, -0.1) is 0 Å². The molecule has 1 aromatic rings. The van der Waals surface area contributed by atoms with Gasteiger partial charge >= 0.3 is 11.7 Å². The van der Waals surface area contributed by atoms with E-state index in [0.29, 0.717) is 19.6 Å². The molecular weight excluding hydrogens is 334 g/mol. The van der Waals surface area contributed by atoms with Crippen molar-refractivity contribution in [2.45, 2.75) is 64.8 Å². The molecule has 144 valence electrons. The molecule has 1 heterocycles. The van der Waals surface area contributed by atoms with Crippen LogP contribution in [0.25, 0.3) is 0 Å². The first-order valence-electron chi connectivity index (χ1n) is 9.33. The van der Waals surface area contributed by atoms with Crippen LogP contribution in [0.3, 0.4) is 0 Å². The van der Waals surface area contributed by atoms with Gasteiger partial charge in [0.2, 0.25) is 6.08 Å². The largest absolute Gasteiger partial charge is 0.349 e. The van der Waals surface area contributed by atoms with Crippen molar-refractivity contribution in [1.29, 1.82) is 0 Å². The fourth-order valence-electron chi connectivity index (χ4n) is 2.46. The number of anilines is 1. The smallest absolute Gasteiger partial charge is 0.338 e. The second-order valence-corrected chi connectivity index (χ2v) is 6.12. The number of aromatic nitrogens is 2. The summed E-state index contributed by atoms with van der Waals surface area (Å²) in [4.78, 5) is 41.0. The number of carbonyl (C=O) groups is 1. The Hall–Kier alpha value is -2.47. The van der Waals surface area contributed by atoms with Gasteiger partial charge in [-0.25, -0.2) is 19.4 Å². The lowest BCUT2D eigenvalue weighted by Crippen LogP contribution is -2.31. The number of rotatable bonds is 13. The third-order valence-electron chi connectivity index (χ3n) is 3.92. The summed E-state index contributed by atoms with van der Waals surface area (Å²) >= 11 is 0. The molecule has 8 heteroatoms. The monoisotopic (exact) mass is 363 g/mol. The second kappa shape index (κ2) is 13.8. The van der Waals surface area contributed by atoms with Crippen LogP contribution in [0, 0.1) is 0 Å². The van der Waals surface area contributed by atoms with Crippen molar-refractivity contribution in [2.75, 3.05) is 18.4 Å². The number of hydrogen-bond donors (Lipinski definition) is 2. The molecule has 1 aromatic heterocycles. The Labute approximate surface area is 154 Å².